The van der Waals surface area contributed by atoms with E-state index >= 15 is 0 Å². The number of ether oxygens (including phenoxy) is 1. The number of carbonyl (C=O) groups is 1. The molecule has 0 amide bonds. The summed E-state index contributed by atoms with van der Waals surface area (Å²) in [7, 11) is -4.12. The van der Waals surface area contributed by atoms with Gasteiger partial charge in [-0.2, -0.15) is 4.31 Å². The molecule has 12 heteroatoms. The summed E-state index contributed by atoms with van der Waals surface area (Å²) in [6, 6.07) is 12.8. The highest BCUT2D eigenvalue weighted by molar-refractivity contribution is 7.89. The van der Waals surface area contributed by atoms with Crippen LogP contribution >= 0.6 is 0 Å². The number of ketones is 1. The summed E-state index contributed by atoms with van der Waals surface area (Å²) in [6.07, 6.45) is -1.97. The van der Waals surface area contributed by atoms with E-state index in [-0.39, 0.29) is 35.2 Å². The van der Waals surface area contributed by atoms with Crippen molar-refractivity contribution in [3.63, 3.8) is 0 Å². The van der Waals surface area contributed by atoms with Crippen LogP contribution in [0.4, 0.5) is 17.6 Å². The van der Waals surface area contributed by atoms with Gasteiger partial charge < -0.3 is 9.15 Å². The summed E-state index contributed by atoms with van der Waals surface area (Å²) in [4.78, 5) is 17.4. The van der Waals surface area contributed by atoms with Gasteiger partial charge in [0.15, 0.2) is 5.78 Å². The van der Waals surface area contributed by atoms with Gasteiger partial charge in [-0.05, 0) is 79.4 Å². The molecule has 1 fully saturated rings. The number of aryl methyl sites for hydroxylation is 1. The molecule has 204 valence electrons. The van der Waals surface area contributed by atoms with E-state index in [9.17, 15) is 30.8 Å². The van der Waals surface area contributed by atoms with E-state index in [0.717, 1.165) is 9.87 Å². The first-order chi connectivity index (χ1) is 18.5. The Morgan fingerprint density at radius 2 is 1.85 bits per heavy atom. The number of pyridine rings is 1. The molecular formula is C27H22F4N2O5S. The highest BCUT2D eigenvalue weighted by atomic mass is 32.2. The van der Waals surface area contributed by atoms with E-state index in [4.69, 9.17) is 4.42 Å². The van der Waals surface area contributed by atoms with Crippen molar-refractivity contribution < 1.29 is 39.9 Å². The second-order valence-corrected chi connectivity index (χ2v) is 10.9. The number of carbonyl (C=O) groups excluding carboxylic acids is 1. The minimum atomic E-state index is -4.79. The van der Waals surface area contributed by atoms with Gasteiger partial charge in [0, 0.05) is 36.2 Å². The molecule has 1 unspecified atom stereocenters. The van der Waals surface area contributed by atoms with E-state index in [0.29, 0.717) is 35.9 Å². The lowest BCUT2D eigenvalue weighted by Gasteiger charge is -2.21. The molecule has 4 aromatic rings. The van der Waals surface area contributed by atoms with Crippen molar-refractivity contribution >= 4 is 26.8 Å². The Balaban J connectivity index is 1.26. The quantitative estimate of drug-likeness (QED) is 0.249. The summed E-state index contributed by atoms with van der Waals surface area (Å²) in [5.74, 6) is -1.11. The van der Waals surface area contributed by atoms with Crippen molar-refractivity contribution in [2.75, 3.05) is 6.54 Å². The average Bonchev–Trinajstić information content (AvgIpc) is 3.55. The SMILES string of the molecule is O=C(CCc1ccnc(-c2ccc(OC(F)(F)F)cc2)c1)C1CCCN1S(=O)(=O)c1cc2cc(F)ccc2o1. The lowest BCUT2D eigenvalue weighted by atomic mass is 10.0. The van der Waals surface area contributed by atoms with Gasteiger partial charge in [0.05, 0.1) is 11.7 Å². The number of rotatable bonds is 8. The Bertz CT molecular complexity index is 1620. The minimum Gasteiger partial charge on any atom is -0.443 e. The molecule has 0 N–H and O–H groups in total. The van der Waals surface area contributed by atoms with Crippen molar-refractivity contribution in [3.05, 3.63) is 78.2 Å². The Morgan fingerprint density at radius 3 is 2.59 bits per heavy atom. The number of hydrogen-bond acceptors (Lipinski definition) is 6. The maximum atomic E-state index is 13.5. The normalized spacial score (nSPS) is 16.6. The van der Waals surface area contributed by atoms with Crippen molar-refractivity contribution in [1.82, 2.24) is 9.29 Å². The Kier molecular flexibility index (Phi) is 7.17. The van der Waals surface area contributed by atoms with Gasteiger partial charge in [-0.1, -0.05) is 0 Å². The van der Waals surface area contributed by atoms with Gasteiger partial charge in [-0.25, -0.2) is 12.8 Å². The maximum Gasteiger partial charge on any atom is 0.573 e. The molecule has 0 aliphatic carbocycles. The van der Waals surface area contributed by atoms with Crippen molar-refractivity contribution in [2.24, 2.45) is 0 Å². The number of benzene rings is 2. The van der Waals surface area contributed by atoms with Crippen molar-refractivity contribution in [3.8, 4) is 17.0 Å². The second-order valence-electron chi connectivity index (χ2n) is 9.11. The zero-order valence-electron chi connectivity index (χ0n) is 20.3. The second kappa shape index (κ2) is 10.4. The van der Waals surface area contributed by atoms with Crippen LogP contribution in [0.15, 0.2) is 76.4 Å². The Hall–Kier alpha value is -3.77. The summed E-state index contributed by atoms with van der Waals surface area (Å²) in [5.41, 5.74) is 2.06. The number of hydrogen-bond donors (Lipinski definition) is 0. The van der Waals surface area contributed by atoms with Crippen LogP contribution in [0.1, 0.15) is 24.8 Å². The fourth-order valence-corrected chi connectivity index (χ4v) is 6.26. The molecule has 0 saturated carbocycles. The monoisotopic (exact) mass is 562 g/mol. The van der Waals surface area contributed by atoms with Gasteiger partial charge in [0.2, 0.25) is 5.09 Å². The number of Topliss-reactive ketones (excluding diaryl/α,β-unsaturated/α-hetero) is 1. The van der Waals surface area contributed by atoms with E-state index in [1.54, 1.807) is 12.1 Å². The van der Waals surface area contributed by atoms with E-state index in [1.807, 2.05) is 0 Å². The van der Waals surface area contributed by atoms with Crippen LogP contribution in [-0.2, 0) is 21.2 Å². The zero-order chi connectivity index (χ0) is 27.8. The van der Waals surface area contributed by atoms with Gasteiger partial charge in [-0.3, -0.25) is 9.78 Å². The van der Waals surface area contributed by atoms with Crippen LogP contribution in [0, 0.1) is 5.82 Å². The third-order valence-corrected chi connectivity index (χ3v) is 8.23. The first-order valence-electron chi connectivity index (χ1n) is 12.0. The molecule has 2 aromatic carbocycles. The predicted octanol–water partition coefficient (Wildman–Crippen LogP) is 5.89. The molecule has 1 aliphatic heterocycles. The molecule has 1 atom stereocenters. The molecule has 0 radical (unpaired) electrons. The smallest absolute Gasteiger partial charge is 0.443 e. The van der Waals surface area contributed by atoms with Gasteiger partial charge >= 0.3 is 6.36 Å². The standard InChI is InChI=1S/C27H22F4N2O5S/c28-20-6-10-25-19(15-20)16-26(37-25)39(35,36)33-13-1-2-23(33)24(34)9-3-17-11-12-32-22(14-17)18-4-7-21(8-5-18)38-27(29,30)31/h4-8,10-12,14-16,23H,1-3,9,13H2. The Morgan fingerprint density at radius 1 is 1.08 bits per heavy atom. The van der Waals surface area contributed by atoms with Crippen LogP contribution in [0.5, 0.6) is 5.75 Å². The molecule has 5 rings (SSSR count). The Labute approximate surface area is 221 Å². The highest BCUT2D eigenvalue weighted by Crippen LogP contribution is 2.32. The predicted molar refractivity (Wildman–Crippen MR) is 133 cm³/mol. The number of alkyl halides is 3. The van der Waals surface area contributed by atoms with Crippen LogP contribution in [0.25, 0.3) is 22.2 Å². The molecule has 39 heavy (non-hydrogen) atoms. The van der Waals surface area contributed by atoms with E-state index in [2.05, 4.69) is 9.72 Å². The van der Waals surface area contributed by atoms with Gasteiger partial charge in [0.25, 0.3) is 10.0 Å². The van der Waals surface area contributed by atoms with Gasteiger partial charge in [-0.15, -0.1) is 13.2 Å². The fourth-order valence-electron chi connectivity index (χ4n) is 4.63. The summed E-state index contributed by atoms with van der Waals surface area (Å²) >= 11 is 0. The van der Waals surface area contributed by atoms with Gasteiger partial charge in [0.1, 0.15) is 17.1 Å². The third-order valence-electron chi connectivity index (χ3n) is 6.46. The molecule has 7 nitrogen and oxygen atoms in total. The summed E-state index contributed by atoms with van der Waals surface area (Å²) in [6.45, 7) is 0.164. The summed E-state index contributed by atoms with van der Waals surface area (Å²) < 4.78 is 87.8. The molecule has 1 saturated heterocycles. The molecular weight excluding hydrogens is 540 g/mol. The maximum absolute atomic E-state index is 13.5. The lowest BCUT2D eigenvalue weighted by molar-refractivity contribution is -0.274. The number of aromatic nitrogens is 1. The lowest BCUT2D eigenvalue weighted by Crippen LogP contribution is -2.40. The van der Waals surface area contributed by atoms with Crippen LogP contribution in [0.3, 0.4) is 0 Å². The van der Waals surface area contributed by atoms with Crippen LogP contribution < -0.4 is 4.74 Å². The molecule has 0 bridgehead atoms. The van der Waals surface area contributed by atoms with E-state index < -0.39 is 28.2 Å². The topological polar surface area (TPSA) is 89.7 Å². The molecule has 0 spiro atoms. The van der Waals surface area contributed by atoms with Crippen LogP contribution in [0.2, 0.25) is 0 Å². The largest absolute Gasteiger partial charge is 0.573 e. The first kappa shape index (κ1) is 26.8. The van der Waals surface area contributed by atoms with Crippen LogP contribution in [-0.4, -0.2) is 42.4 Å². The molecule has 3 heterocycles. The summed E-state index contributed by atoms with van der Waals surface area (Å²) in [5, 5.41) is -0.0279. The zero-order valence-corrected chi connectivity index (χ0v) is 21.1. The fraction of sp³-hybridized carbons (Fsp3) is 0.259. The number of nitrogens with zero attached hydrogens (tertiary/aromatic N) is 2. The number of sulfonamides is 1. The first-order valence-corrected chi connectivity index (χ1v) is 13.5. The van der Waals surface area contributed by atoms with E-state index in [1.165, 1.54) is 54.7 Å². The van der Waals surface area contributed by atoms with Crippen molar-refractivity contribution in [1.29, 1.82) is 0 Å². The number of furan rings is 1. The number of halogens is 4. The minimum absolute atomic E-state index is 0.0733. The molecule has 2 aromatic heterocycles. The number of fused-ring (bicyclic) bond motifs is 1. The third kappa shape index (κ3) is 5.96. The van der Waals surface area contributed by atoms with Crippen molar-refractivity contribution in [2.45, 2.75) is 43.2 Å². The highest BCUT2D eigenvalue weighted by Gasteiger charge is 2.40. The molecule has 1 aliphatic rings. The average molecular weight is 563 g/mol.